The molecule has 0 fully saturated rings. The van der Waals surface area contributed by atoms with Crippen LogP contribution in [-0.4, -0.2) is 47.3 Å². The number of carbonyl (C=O) groups is 4. The molecule has 8 heteroatoms. The largest absolute Gasteiger partial charge is 0.481 e. The van der Waals surface area contributed by atoms with Gasteiger partial charge in [0.25, 0.3) is 0 Å². The monoisotopic (exact) mass is 288 g/mol. The molecule has 0 radical (unpaired) electrons. The van der Waals surface area contributed by atoms with Crippen LogP contribution in [0.4, 0.5) is 0 Å². The van der Waals surface area contributed by atoms with Crippen LogP contribution in [0.1, 0.15) is 25.7 Å². The Labute approximate surface area is 115 Å². The van der Waals surface area contributed by atoms with Crippen LogP contribution < -0.4 is 0 Å². The molecule has 0 spiro atoms. The molecule has 0 amide bonds. The predicted molar refractivity (Wildman–Crippen MR) is 64.8 cm³/mol. The topological polar surface area (TPSA) is 127 Å². The first kappa shape index (κ1) is 17.6. The van der Waals surface area contributed by atoms with Gasteiger partial charge in [0, 0.05) is 0 Å². The molecule has 0 aliphatic rings. The fourth-order valence-electron chi connectivity index (χ4n) is 0.981. The predicted octanol–water partition coefficient (Wildman–Crippen LogP) is 0.359. The SMILES string of the molecule is O=C(O)CCC(=O)OC/C=C\COC(=O)CCC(=O)O. The van der Waals surface area contributed by atoms with Gasteiger partial charge in [-0.05, 0) is 12.2 Å². The van der Waals surface area contributed by atoms with Crippen molar-refractivity contribution in [3.05, 3.63) is 12.2 Å². The van der Waals surface area contributed by atoms with E-state index < -0.39 is 23.9 Å². The van der Waals surface area contributed by atoms with Gasteiger partial charge in [0.2, 0.25) is 0 Å². The van der Waals surface area contributed by atoms with Gasteiger partial charge in [-0.2, -0.15) is 0 Å². The maximum atomic E-state index is 11.0. The van der Waals surface area contributed by atoms with Crippen molar-refractivity contribution in [1.29, 1.82) is 0 Å². The van der Waals surface area contributed by atoms with Crippen LogP contribution in [0, 0.1) is 0 Å². The second-order valence-corrected chi connectivity index (χ2v) is 3.62. The highest BCUT2D eigenvalue weighted by atomic mass is 16.5. The average molecular weight is 288 g/mol. The Kier molecular flexibility index (Phi) is 9.28. The zero-order chi connectivity index (χ0) is 15.4. The highest BCUT2D eigenvalue weighted by Gasteiger charge is 2.06. The molecule has 0 rings (SSSR count). The number of ether oxygens (including phenoxy) is 2. The fourth-order valence-corrected chi connectivity index (χ4v) is 0.981. The van der Waals surface area contributed by atoms with Gasteiger partial charge < -0.3 is 19.7 Å². The Bertz CT molecular complexity index is 349. The zero-order valence-electron chi connectivity index (χ0n) is 10.7. The molecule has 0 unspecified atom stereocenters. The molecule has 112 valence electrons. The summed E-state index contributed by atoms with van der Waals surface area (Å²) in [6.07, 6.45) is 1.89. The first-order valence-electron chi connectivity index (χ1n) is 5.81. The van der Waals surface area contributed by atoms with Crippen LogP contribution in [0.15, 0.2) is 12.2 Å². The number of hydrogen-bond donors (Lipinski definition) is 2. The Morgan fingerprint density at radius 1 is 0.700 bits per heavy atom. The molecule has 0 bridgehead atoms. The van der Waals surface area contributed by atoms with Crippen LogP contribution in [0.25, 0.3) is 0 Å². The minimum atomic E-state index is -1.08. The third-order valence-electron chi connectivity index (χ3n) is 1.93. The van der Waals surface area contributed by atoms with Crippen molar-refractivity contribution in [2.75, 3.05) is 13.2 Å². The number of carboxylic acid groups (broad SMARTS) is 2. The number of carboxylic acids is 2. The number of aliphatic carboxylic acids is 2. The summed E-state index contributed by atoms with van der Waals surface area (Å²) in [6.45, 7) is -0.101. The van der Waals surface area contributed by atoms with Crippen molar-refractivity contribution in [1.82, 2.24) is 0 Å². The summed E-state index contributed by atoms with van der Waals surface area (Å²) in [4.78, 5) is 42.3. The van der Waals surface area contributed by atoms with Gasteiger partial charge in [0.15, 0.2) is 0 Å². The molecule has 20 heavy (non-hydrogen) atoms. The maximum Gasteiger partial charge on any atom is 0.306 e. The molecular weight excluding hydrogens is 272 g/mol. The molecular formula is C12H16O8. The molecule has 0 aliphatic carbocycles. The maximum absolute atomic E-state index is 11.0. The quantitative estimate of drug-likeness (QED) is 0.435. The normalized spacial score (nSPS) is 10.2. The van der Waals surface area contributed by atoms with Gasteiger partial charge in [-0.3, -0.25) is 19.2 Å². The van der Waals surface area contributed by atoms with Crippen LogP contribution in [0.2, 0.25) is 0 Å². The Morgan fingerprint density at radius 3 is 1.35 bits per heavy atom. The standard InChI is InChI=1S/C12H16O8/c13-9(14)3-5-11(17)19-7-1-2-8-20-12(18)6-4-10(15)16/h1-2H,3-8H2,(H,13,14)(H,15,16)/b2-1-. The van der Waals surface area contributed by atoms with E-state index in [1.165, 1.54) is 12.2 Å². The summed E-state index contributed by atoms with van der Waals surface area (Å²) < 4.78 is 9.34. The molecule has 0 aromatic heterocycles. The Balaban J connectivity index is 3.57. The van der Waals surface area contributed by atoms with Crippen molar-refractivity contribution in [2.24, 2.45) is 0 Å². The number of hydrogen-bond acceptors (Lipinski definition) is 6. The summed E-state index contributed by atoms with van der Waals surface area (Å²) in [7, 11) is 0. The molecule has 0 aromatic carbocycles. The van der Waals surface area contributed by atoms with Crippen LogP contribution in [0.3, 0.4) is 0 Å². The van der Waals surface area contributed by atoms with E-state index in [4.69, 9.17) is 10.2 Å². The van der Waals surface area contributed by atoms with E-state index >= 15 is 0 Å². The summed E-state index contributed by atoms with van der Waals surface area (Å²) in [5.41, 5.74) is 0. The second kappa shape index (κ2) is 10.5. The third kappa shape index (κ3) is 12.1. The molecule has 0 atom stereocenters. The highest BCUT2D eigenvalue weighted by Crippen LogP contribution is 1.94. The first-order valence-corrected chi connectivity index (χ1v) is 5.81. The molecule has 0 aliphatic heterocycles. The fraction of sp³-hybridized carbons (Fsp3) is 0.500. The summed E-state index contributed by atoms with van der Waals surface area (Å²) in [6, 6.07) is 0. The molecule has 2 N–H and O–H groups in total. The first-order chi connectivity index (χ1) is 9.41. The smallest absolute Gasteiger partial charge is 0.306 e. The third-order valence-corrected chi connectivity index (χ3v) is 1.93. The van der Waals surface area contributed by atoms with Crippen molar-refractivity contribution in [3.63, 3.8) is 0 Å². The van der Waals surface area contributed by atoms with Crippen molar-refractivity contribution in [2.45, 2.75) is 25.7 Å². The van der Waals surface area contributed by atoms with Crippen molar-refractivity contribution >= 4 is 23.9 Å². The van der Waals surface area contributed by atoms with E-state index in [1.54, 1.807) is 0 Å². The van der Waals surface area contributed by atoms with Gasteiger partial charge in [-0.1, -0.05) is 0 Å². The van der Waals surface area contributed by atoms with Crippen LogP contribution in [0.5, 0.6) is 0 Å². The lowest BCUT2D eigenvalue weighted by Crippen LogP contribution is -2.08. The van der Waals surface area contributed by atoms with Crippen molar-refractivity contribution < 1.29 is 38.9 Å². The highest BCUT2D eigenvalue weighted by molar-refractivity contribution is 5.77. The summed E-state index contributed by atoms with van der Waals surface area (Å²) in [5, 5.41) is 16.7. The molecule has 0 saturated carbocycles. The molecule has 8 nitrogen and oxygen atoms in total. The number of rotatable bonds is 10. The zero-order valence-corrected chi connectivity index (χ0v) is 10.7. The van der Waals surface area contributed by atoms with Crippen LogP contribution >= 0.6 is 0 Å². The van der Waals surface area contributed by atoms with Crippen LogP contribution in [-0.2, 0) is 28.7 Å². The summed E-state index contributed by atoms with van der Waals surface area (Å²) >= 11 is 0. The van der Waals surface area contributed by atoms with E-state index in [1.807, 2.05) is 0 Å². The lowest BCUT2D eigenvalue weighted by atomic mass is 10.3. The van der Waals surface area contributed by atoms with E-state index in [-0.39, 0.29) is 38.9 Å². The Hall–Kier alpha value is -2.38. The lowest BCUT2D eigenvalue weighted by molar-refractivity contribution is -0.147. The average Bonchev–Trinajstić information content (AvgIpc) is 2.37. The minimum Gasteiger partial charge on any atom is -0.481 e. The lowest BCUT2D eigenvalue weighted by Gasteiger charge is -2.01. The Morgan fingerprint density at radius 2 is 1.05 bits per heavy atom. The van der Waals surface area contributed by atoms with Gasteiger partial charge in [0.1, 0.15) is 13.2 Å². The van der Waals surface area contributed by atoms with E-state index in [0.29, 0.717) is 0 Å². The molecule has 0 aromatic rings. The number of esters is 2. The minimum absolute atomic E-state index is 0.0505. The van der Waals surface area contributed by atoms with E-state index in [0.717, 1.165) is 0 Å². The van der Waals surface area contributed by atoms with E-state index in [2.05, 4.69) is 9.47 Å². The second-order valence-electron chi connectivity index (χ2n) is 3.62. The number of carbonyl (C=O) groups excluding carboxylic acids is 2. The van der Waals surface area contributed by atoms with E-state index in [9.17, 15) is 19.2 Å². The van der Waals surface area contributed by atoms with Crippen molar-refractivity contribution in [3.8, 4) is 0 Å². The van der Waals surface area contributed by atoms with Gasteiger partial charge in [0.05, 0.1) is 25.7 Å². The van der Waals surface area contributed by atoms with Gasteiger partial charge in [-0.15, -0.1) is 0 Å². The molecule has 0 heterocycles. The van der Waals surface area contributed by atoms with Gasteiger partial charge in [-0.25, -0.2) is 0 Å². The molecule has 0 saturated heterocycles. The summed E-state index contributed by atoms with van der Waals surface area (Å²) in [5.74, 6) is -3.41. The van der Waals surface area contributed by atoms with Gasteiger partial charge >= 0.3 is 23.9 Å².